The molecule has 1 aromatic carbocycles. The van der Waals surface area contributed by atoms with E-state index in [0.717, 1.165) is 24.0 Å². The Morgan fingerprint density at radius 1 is 0.986 bits per heavy atom. The van der Waals surface area contributed by atoms with Crippen molar-refractivity contribution in [1.29, 1.82) is 0 Å². The van der Waals surface area contributed by atoms with Crippen LogP contribution in [-0.2, 0) is 46.4 Å². The molecule has 5 rings (SSSR count). The van der Waals surface area contributed by atoms with Gasteiger partial charge in [0.1, 0.15) is 35.7 Å². The first-order chi connectivity index (χ1) is 33.3. The highest BCUT2D eigenvalue weighted by atomic mass is 16.7. The normalized spacial score (nSPS) is 39.4. The molecule has 3 aliphatic rings. The molecule has 1 aromatic heterocycles. The fraction of sp³-hybridized carbons (Fsp3) is 0.808. The third-order valence-electron chi connectivity index (χ3n) is 16.1. The first-order valence-corrected chi connectivity index (χ1v) is 25.8. The summed E-state index contributed by atoms with van der Waals surface area (Å²) in [5, 5.41) is 78.0. The van der Waals surface area contributed by atoms with Crippen LogP contribution in [-0.4, -0.2) is 179 Å². The van der Waals surface area contributed by atoms with Crippen LogP contribution in [0.1, 0.15) is 126 Å². The highest BCUT2D eigenvalue weighted by Gasteiger charge is 2.55. The number of carbonyl (C=O) groups is 2. The monoisotopic (exact) mass is 1000 g/mol. The Kier molecular flexibility index (Phi) is 20.6. The summed E-state index contributed by atoms with van der Waals surface area (Å²) in [6, 6.07) is 6.89. The van der Waals surface area contributed by atoms with Gasteiger partial charge in [0.2, 0.25) is 5.91 Å². The van der Waals surface area contributed by atoms with E-state index in [1.54, 1.807) is 44.8 Å². The number of amides is 1. The molecule has 19 nitrogen and oxygen atoms in total. The minimum atomic E-state index is -1.82. The van der Waals surface area contributed by atoms with E-state index in [1.807, 2.05) is 77.2 Å². The average molecular weight is 1010 g/mol. The lowest BCUT2D eigenvalue weighted by atomic mass is 9.68. The van der Waals surface area contributed by atoms with Crippen molar-refractivity contribution in [2.45, 2.75) is 218 Å². The number of aliphatic hydroxyl groups is 5. The third kappa shape index (κ3) is 14.0. The van der Waals surface area contributed by atoms with Gasteiger partial charge in [-0.15, -0.1) is 5.10 Å². The van der Waals surface area contributed by atoms with Crippen LogP contribution in [0.3, 0.4) is 0 Å². The van der Waals surface area contributed by atoms with Crippen molar-refractivity contribution in [3.8, 4) is 11.3 Å². The van der Waals surface area contributed by atoms with E-state index in [4.69, 9.17) is 28.9 Å². The Morgan fingerprint density at radius 3 is 2.34 bits per heavy atom. The molecular weight excluding hydrogens is 917 g/mol. The van der Waals surface area contributed by atoms with Crippen LogP contribution in [0.15, 0.2) is 30.5 Å². The molecule has 0 bridgehead atoms. The number of aliphatic hydroxyl groups excluding tert-OH is 3. The molecule has 4 heterocycles. The minimum absolute atomic E-state index is 0.181. The molecule has 18 atom stereocenters. The summed E-state index contributed by atoms with van der Waals surface area (Å²) in [5.74, 6) is -3.61. The number of aryl methyl sites for hydroxylation is 1. The Morgan fingerprint density at radius 2 is 1.68 bits per heavy atom. The van der Waals surface area contributed by atoms with Crippen LogP contribution in [0.25, 0.3) is 11.3 Å². The number of likely N-dealkylation sites (N-methyl/N-ethyl adjacent to an activating group) is 2. The highest BCUT2D eigenvalue weighted by Crippen LogP contribution is 2.45. The van der Waals surface area contributed by atoms with Crippen molar-refractivity contribution in [2.24, 2.45) is 23.7 Å². The largest absolute Gasteiger partial charge is 0.459 e. The van der Waals surface area contributed by atoms with Gasteiger partial charge in [-0.05, 0) is 105 Å². The maximum Gasteiger partial charge on any atom is 0.309 e. The van der Waals surface area contributed by atoms with E-state index in [9.17, 15) is 35.1 Å². The molecule has 0 aliphatic carbocycles. The number of hydrogen-bond acceptors (Lipinski definition) is 17. The van der Waals surface area contributed by atoms with Gasteiger partial charge in [0.25, 0.3) is 0 Å². The van der Waals surface area contributed by atoms with Crippen molar-refractivity contribution >= 4 is 11.9 Å². The lowest BCUT2D eigenvalue weighted by molar-refractivity contribution is -0.303. The summed E-state index contributed by atoms with van der Waals surface area (Å²) in [7, 11) is 5.32. The number of hydroxylamine groups is 1. The van der Waals surface area contributed by atoms with Gasteiger partial charge >= 0.3 is 5.97 Å². The zero-order valence-corrected chi connectivity index (χ0v) is 44.6. The molecule has 0 radical (unpaired) electrons. The fourth-order valence-electron chi connectivity index (χ4n) is 11.8. The Bertz CT molecular complexity index is 2010. The molecule has 3 aliphatic heterocycles. The fourth-order valence-corrected chi connectivity index (χ4v) is 11.8. The summed E-state index contributed by atoms with van der Waals surface area (Å²) in [4.78, 5) is 30.0. The average Bonchev–Trinajstić information content (AvgIpc) is 3.79. The van der Waals surface area contributed by atoms with Crippen molar-refractivity contribution in [3.05, 3.63) is 36.0 Å². The number of nitrogens with zero attached hydrogens (tertiary/aromatic N) is 5. The van der Waals surface area contributed by atoms with Crippen LogP contribution in [0.2, 0.25) is 0 Å². The molecule has 3 saturated heterocycles. The number of benzene rings is 1. The lowest BCUT2D eigenvalue weighted by Crippen LogP contribution is -2.62. The minimum Gasteiger partial charge on any atom is -0.459 e. The van der Waals surface area contributed by atoms with E-state index >= 15 is 0 Å². The Labute approximate surface area is 421 Å². The number of carbonyl (C=O) groups excluding carboxylic acids is 2. The second-order valence-corrected chi connectivity index (χ2v) is 22.1. The molecular formula is C52H88N6O13. The van der Waals surface area contributed by atoms with Crippen LogP contribution >= 0.6 is 0 Å². The Hall–Kier alpha value is -3.18. The van der Waals surface area contributed by atoms with E-state index in [-0.39, 0.29) is 37.7 Å². The van der Waals surface area contributed by atoms with Crippen LogP contribution in [0.5, 0.6) is 0 Å². The zero-order chi connectivity index (χ0) is 52.7. The smallest absolute Gasteiger partial charge is 0.309 e. The molecule has 1 unspecified atom stereocenters. The Balaban J connectivity index is 1.48. The number of methoxy groups -OCH3 is 1. The van der Waals surface area contributed by atoms with Gasteiger partial charge in [-0.25, -0.2) is 5.48 Å². The first-order valence-electron chi connectivity index (χ1n) is 25.8. The highest BCUT2D eigenvalue weighted by molar-refractivity contribution is 5.74. The summed E-state index contributed by atoms with van der Waals surface area (Å²) < 4.78 is 34.1. The molecule has 404 valence electrons. The maximum atomic E-state index is 14.7. The van der Waals surface area contributed by atoms with Gasteiger partial charge in [0.05, 0.1) is 47.7 Å². The number of rotatable bonds is 15. The molecule has 0 spiro atoms. The summed E-state index contributed by atoms with van der Waals surface area (Å²) in [6.45, 7) is 19.4. The van der Waals surface area contributed by atoms with E-state index in [1.165, 1.54) is 14.0 Å². The zero-order valence-electron chi connectivity index (χ0n) is 44.6. The number of esters is 1. The van der Waals surface area contributed by atoms with Crippen LogP contribution in [0.4, 0.5) is 0 Å². The van der Waals surface area contributed by atoms with Crippen LogP contribution < -0.4 is 5.48 Å². The third-order valence-corrected chi connectivity index (χ3v) is 16.1. The van der Waals surface area contributed by atoms with Gasteiger partial charge in [-0.2, -0.15) is 0 Å². The number of cyclic esters (lactones) is 1. The molecule has 7 N–H and O–H groups in total. The van der Waals surface area contributed by atoms with Gasteiger partial charge in [-0.1, -0.05) is 63.6 Å². The lowest BCUT2D eigenvalue weighted by Gasteiger charge is -2.51. The van der Waals surface area contributed by atoms with Gasteiger partial charge in [0.15, 0.2) is 6.29 Å². The predicted molar refractivity (Wildman–Crippen MR) is 264 cm³/mol. The predicted octanol–water partition coefficient (Wildman–Crippen LogP) is 4.07. The molecule has 2 aromatic rings. The molecule has 0 saturated carbocycles. The van der Waals surface area contributed by atoms with Crippen molar-refractivity contribution in [2.75, 3.05) is 27.7 Å². The van der Waals surface area contributed by atoms with E-state index in [0.29, 0.717) is 38.2 Å². The number of unbranched alkanes of at least 4 members (excludes halogenated alkanes) is 2. The SMILES string of the molecule is CC[C@H]1OC(=O)[C@H](C)C([C@H]2C[C@@](C)(OC)[C@@H](O)[C@H](C)O2)[C@H](C)[C@@H](O[C@@H]2O[C@H](C)C[C@H](N(C)Cc3ccccc3-c3cn(CCCCCC(=O)NO)nn3)[C@H]2O)[C@](C)(O)C[C@@H](C)CN(C)[C@H](C)[C@@H](O)[C@]1(C)O. The number of aromatic nitrogens is 3. The van der Waals surface area contributed by atoms with E-state index in [2.05, 4.69) is 15.2 Å². The molecule has 19 heteroatoms. The van der Waals surface area contributed by atoms with Crippen LogP contribution in [0, 0.1) is 23.7 Å². The standard InChI is InChI=1S/C52H88N6O13/c1-14-41-52(10,65)45(61)34(6)56(11)27-30(2)25-50(8,64)47(32(4)43(33(5)48(63)70-41)40-26-51(9,67-13)46(62)35(7)69-40)71-49-44(60)39(24-31(3)68-49)57(12)28-36-20-17-18-21-37(36)38-29-58(55-53-38)23-19-15-16-22-42(59)54-66/h17-18,20-21,29-35,39-41,43-47,49,60-62,64-66H,14-16,19,22-28H2,1-13H3,(H,54,59)/t30-,31-,32+,33-,34-,35+,39+,40-,41-,43?,44-,45-,46+,47-,49+,50-,51-,52-/m1/s1. The summed E-state index contributed by atoms with van der Waals surface area (Å²) in [5.41, 5.74) is -0.284. The van der Waals surface area contributed by atoms with Crippen molar-refractivity contribution in [1.82, 2.24) is 30.3 Å². The summed E-state index contributed by atoms with van der Waals surface area (Å²) in [6.07, 6.45) is -3.22. The molecule has 1 amide bonds. The second-order valence-electron chi connectivity index (χ2n) is 22.1. The molecule has 71 heavy (non-hydrogen) atoms. The number of hydrogen-bond donors (Lipinski definition) is 7. The number of nitrogens with one attached hydrogen (secondary N) is 1. The second kappa shape index (κ2) is 24.9. The first kappa shape index (κ1) is 58.7. The van der Waals surface area contributed by atoms with Gasteiger partial charge in [-0.3, -0.25) is 24.4 Å². The van der Waals surface area contributed by atoms with Gasteiger partial charge < -0.3 is 54.1 Å². The van der Waals surface area contributed by atoms with Crippen molar-refractivity contribution < 1.29 is 64.0 Å². The van der Waals surface area contributed by atoms with Gasteiger partial charge in [0, 0.05) is 63.2 Å². The molecule has 3 fully saturated rings. The van der Waals surface area contributed by atoms with E-state index < -0.39 is 108 Å². The maximum absolute atomic E-state index is 14.7. The topological polar surface area (TPSA) is 251 Å². The summed E-state index contributed by atoms with van der Waals surface area (Å²) >= 11 is 0. The van der Waals surface area contributed by atoms with Crippen molar-refractivity contribution in [3.63, 3.8) is 0 Å². The number of ether oxygens (including phenoxy) is 5. The quantitative estimate of drug-likeness (QED) is 0.0575.